The van der Waals surface area contributed by atoms with E-state index in [1.54, 1.807) is 0 Å². The zero-order chi connectivity index (χ0) is 10.9. The van der Waals surface area contributed by atoms with Crippen molar-refractivity contribution < 1.29 is 0 Å². The molecular formula is C13H14ClN. The fourth-order valence-corrected chi connectivity index (χ4v) is 2.93. The Bertz CT molecular complexity index is 407. The molecule has 2 unspecified atom stereocenters. The van der Waals surface area contributed by atoms with Crippen LogP contribution in [0.4, 0.5) is 0 Å². The van der Waals surface area contributed by atoms with Gasteiger partial charge < -0.3 is 0 Å². The van der Waals surface area contributed by atoms with E-state index in [1.807, 2.05) is 24.3 Å². The molecule has 1 nitrogen and oxygen atoms in total. The maximum absolute atomic E-state index is 9.46. The van der Waals surface area contributed by atoms with E-state index in [-0.39, 0.29) is 5.41 Å². The fraction of sp³-hybridized carbons (Fsp3) is 0.462. The number of benzene rings is 1. The van der Waals surface area contributed by atoms with Crippen LogP contribution in [0.15, 0.2) is 24.3 Å². The van der Waals surface area contributed by atoms with Gasteiger partial charge in [0.15, 0.2) is 0 Å². The predicted molar refractivity (Wildman–Crippen MR) is 61.8 cm³/mol. The Kier molecular flexibility index (Phi) is 2.71. The third-order valence-corrected chi connectivity index (χ3v) is 3.93. The molecule has 2 atom stereocenters. The maximum Gasteiger partial charge on any atom is 0.0862 e. The summed E-state index contributed by atoms with van der Waals surface area (Å²) in [5.41, 5.74) is 0.664. The van der Waals surface area contributed by atoms with Crippen molar-refractivity contribution in [3.63, 3.8) is 0 Å². The van der Waals surface area contributed by atoms with Crippen molar-refractivity contribution in [2.24, 2.45) is 5.92 Å². The summed E-state index contributed by atoms with van der Waals surface area (Å²) in [6, 6.07) is 10.2. The van der Waals surface area contributed by atoms with E-state index in [4.69, 9.17) is 11.6 Å². The number of rotatable bonds is 1. The number of hydrogen-bond donors (Lipinski definition) is 0. The predicted octanol–water partition coefficient (Wildman–Crippen LogP) is 3.92. The van der Waals surface area contributed by atoms with Gasteiger partial charge in [0.1, 0.15) is 0 Å². The van der Waals surface area contributed by atoms with Gasteiger partial charge in [0.05, 0.1) is 11.5 Å². The molecule has 2 rings (SSSR count). The lowest BCUT2D eigenvalue weighted by atomic mass is 9.74. The molecule has 0 spiro atoms. The van der Waals surface area contributed by atoms with Crippen LogP contribution in [0.2, 0.25) is 5.02 Å². The van der Waals surface area contributed by atoms with Gasteiger partial charge in [-0.3, -0.25) is 0 Å². The minimum absolute atomic E-state index is 0.349. The van der Waals surface area contributed by atoms with Crippen LogP contribution in [0, 0.1) is 17.2 Å². The second-order valence-electron chi connectivity index (χ2n) is 4.36. The van der Waals surface area contributed by atoms with Crippen LogP contribution in [-0.4, -0.2) is 0 Å². The van der Waals surface area contributed by atoms with E-state index < -0.39 is 0 Å². The van der Waals surface area contributed by atoms with Gasteiger partial charge in [-0.2, -0.15) is 5.26 Å². The summed E-state index contributed by atoms with van der Waals surface area (Å²) in [4.78, 5) is 0. The Balaban J connectivity index is 2.53. The van der Waals surface area contributed by atoms with Crippen LogP contribution in [0.3, 0.4) is 0 Å². The summed E-state index contributed by atoms with van der Waals surface area (Å²) < 4.78 is 0. The van der Waals surface area contributed by atoms with Crippen LogP contribution >= 0.6 is 11.6 Å². The zero-order valence-corrected chi connectivity index (χ0v) is 9.59. The molecule has 0 radical (unpaired) electrons. The van der Waals surface area contributed by atoms with Gasteiger partial charge in [0.25, 0.3) is 0 Å². The average molecular weight is 220 g/mol. The molecule has 78 valence electrons. The zero-order valence-electron chi connectivity index (χ0n) is 8.83. The van der Waals surface area contributed by atoms with Crippen molar-refractivity contribution in [3.05, 3.63) is 34.9 Å². The summed E-state index contributed by atoms with van der Waals surface area (Å²) in [5, 5.41) is 10.2. The fourth-order valence-electron chi connectivity index (χ4n) is 2.63. The van der Waals surface area contributed by atoms with Gasteiger partial charge in [0, 0.05) is 5.02 Å². The largest absolute Gasteiger partial charge is 0.197 e. The Hall–Kier alpha value is -1.00. The molecule has 1 fully saturated rings. The third-order valence-electron chi connectivity index (χ3n) is 3.60. The topological polar surface area (TPSA) is 23.8 Å². The highest BCUT2D eigenvalue weighted by atomic mass is 35.5. The second kappa shape index (κ2) is 3.87. The first kappa shape index (κ1) is 10.5. The number of hydrogen-bond acceptors (Lipinski definition) is 1. The standard InChI is InChI=1S/C13H14ClN/c1-10-5-4-8-13(10,9-15)11-6-2-3-7-12(11)14/h2-3,6-7,10H,4-5,8H2,1H3. The van der Waals surface area contributed by atoms with Crippen molar-refractivity contribution in [2.75, 3.05) is 0 Å². The van der Waals surface area contributed by atoms with Gasteiger partial charge in [-0.25, -0.2) is 0 Å². The first-order valence-electron chi connectivity index (χ1n) is 5.37. The molecule has 1 aliphatic rings. The monoisotopic (exact) mass is 219 g/mol. The van der Waals surface area contributed by atoms with E-state index in [9.17, 15) is 5.26 Å². The molecule has 0 heterocycles. The highest BCUT2D eigenvalue weighted by Crippen LogP contribution is 2.47. The first-order chi connectivity index (χ1) is 7.20. The number of nitriles is 1. The summed E-state index contributed by atoms with van der Waals surface area (Å²) in [6.07, 6.45) is 3.19. The van der Waals surface area contributed by atoms with Gasteiger partial charge in [-0.05, 0) is 30.4 Å². The van der Waals surface area contributed by atoms with Crippen LogP contribution in [0.25, 0.3) is 0 Å². The Labute approximate surface area is 95.7 Å². The van der Waals surface area contributed by atoms with Crippen LogP contribution < -0.4 is 0 Å². The molecule has 0 N–H and O–H groups in total. The van der Waals surface area contributed by atoms with Crippen molar-refractivity contribution >= 4 is 11.6 Å². The lowest BCUT2D eigenvalue weighted by molar-refractivity contribution is 0.431. The molecule has 0 saturated heterocycles. The van der Waals surface area contributed by atoms with Gasteiger partial charge >= 0.3 is 0 Å². The Morgan fingerprint density at radius 3 is 2.73 bits per heavy atom. The number of nitrogens with zero attached hydrogens (tertiary/aromatic N) is 1. The molecule has 2 heteroatoms. The van der Waals surface area contributed by atoms with Crippen molar-refractivity contribution in [3.8, 4) is 6.07 Å². The van der Waals surface area contributed by atoms with E-state index in [2.05, 4.69) is 13.0 Å². The van der Waals surface area contributed by atoms with Gasteiger partial charge in [-0.15, -0.1) is 0 Å². The summed E-state index contributed by atoms with van der Waals surface area (Å²) in [5.74, 6) is 0.405. The molecule has 0 aromatic heterocycles. The molecular weight excluding hydrogens is 206 g/mol. The Morgan fingerprint density at radius 1 is 1.47 bits per heavy atom. The average Bonchev–Trinajstić information content (AvgIpc) is 2.61. The highest BCUT2D eigenvalue weighted by molar-refractivity contribution is 6.31. The van der Waals surface area contributed by atoms with E-state index >= 15 is 0 Å². The molecule has 0 bridgehead atoms. The van der Waals surface area contributed by atoms with E-state index in [1.165, 1.54) is 0 Å². The normalized spacial score (nSPS) is 30.1. The van der Waals surface area contributed by atoms with Crippen LogP contribution in [0.1, 0.15) is 31.7 Å². The lowest BCUT2D eigenvalue weighted by Crippen LogP contribution is -2.27. The molecule has 0 aliphatic heterocycles. The van der Waals surface area contributed by atoms with Crippen LogP contribution in [-0.2, 0) is 5.41 Å². The van der Waals surface area contributed by atoms with Gasteiger partial charge in [-0.1, -0.05) is 43.1 Å². The molecule has 15 heavy (non-hydrogen) atoms. The minimum Gasteiger partial charge on any atom is -0.197 e. The SMILES string of the molecule is CC1CCCC1(C#N)c1ccccc1Cl. The summed E-state index contributed by atoms with van der Waals surface area (Å²) >= 11 is 6.19. The summed E-state index contributed by atoms with van der Waals surface area (Å²) in [7, 11) is 0. The first-order valence-corrected chi connectivity index (χ1v) is 5.75. The molecule has 1 aromatic carbocycles. The van der Waals surface area contributed by atoms with Crippen molar-refractivity contribution in [2.45, 2.75) is 31.6 Å². The van der Waals surface area contributed by atoms with Crippen molar-refractivity contribution in [1.29, 1.82) is 5.26 Å². The molecule has 1 saturated carbocycles. The van der Waals surface area contributed by atoms with Crippen LogP contribution in [0.5, 0.6) is 0 Å². The molecule has 1 aliphatic carbocycles. The third kappa shape index (κ3) is 1.54. The quantitative estimate of drug-likeness (QED) is 0.702. The molecule has 0 amide bonds. The highest BCUT2D eigenvalue weighted by Gasteiger charge is 2.43. The second-order valence-corrected chi connectivity index (χ2v) is 4.76. The van der Waals surface area contributed by atoms with E-state index in [0.29, 0.717) is 5.92 Å². The number of halogens is 1. The van der Waals surface area contributed by atoms with E-state index in [0.717, 1.165) is 29.8 Å². The lowest BCUT2D eigenvalue weighted by Gasteiger charge is -2.27. The maximum atomic E-state index is 9.46. The van der Waals surface area contributed by atoms with Gasteiger partial charge in [0.2, 0.25) is 0 Å². The molecule has 1 aromatic rings. The van der Waals surface area contributed by atoms with Crippen molar-refractivity contribution in [1.82, 2.24) is 0 Å². The Morgan fingerprint density at radius 2 is 2.20 bits per heavy atom. The smallest absolute Gasteiger partial charge is 0.0862 e. The summed E-state index contributed by atoms with van der Waals surface area (Å²) in [6.45, 7) is 2.15. The minimum atomic E-state index is -0.349.